The Morgan fingerprint density at radius 2 is 1.89 bits per heavy atom. The smallest absolute Gasteiger partial charge is 0.357 e. The summed E-state index contributed by atoms with van der Waals surface area (Å²) < 4.78 is 38.1. The van der Waals surface area contributed by atoms with Crippen LogP contribution in [0.3, 0.4) is 0 Å². The maximum absolute atomic E-state index is 12.7. The minimum Gasteiger partial charge on any atom is -0.357 e. The van der Waals surface area contributed by atoms with E-state index in [-0.39, 0.29) is 6.54 Å². The quantitative estimate of drug-likeness (QED) is 0.605. The molecule has 0 amide bonds. The number of nitrogens with one attached hydrogen (secondary N) is 1. The van der Waals surface area contributed by atoms with Gasteiger partial charge < -0.3 is 10.2 Å². The number of benzene rings is 1. The molecule has 1 aliphatic rings. The molecule has 2 aromatic rings. The number of nitrogens with zero attached hydrogens (tertiary/aromatic N) is 4. The first kappa shape index (κ1) is 20.6. The molecule has 1 aromatic carbocycles. The van der Waals surface area contributed by atoms with Gasteiger partial charge >= 0.3 is 6.18 Å². The normalized spacial score (nSPS) is 16.4. The Hall–Kier alpha value is -2.13. The van der Waals surface area contributed by atoms with Gasteiger partial charge in [0.2, 0.25) is 0 Å². The van der Waals surface area contributed by atoms with Gasteiger partial charge in [-0.2, -0.15) is 13.2 Å². The molecule has 5 nitrogen and oxygen atoms in total. The zero-order valence-corrected chi connectivity index (χ0v) is 16.6. The van der Waals surface area contributed by atoms with Crippen molar-refractivity contribution in [3.05, 3.63) is 52.0 Å². The highest BCUT2D eigenvalue weighted by Gasteiger charge is 2.33. The summed E-state index contributed by atoms with van der Waals surface area (Å²) in [6.07, 6.45) is -4.40. The maximum atomic E-state index is 12.7. The van der Waals surface area contributed by atoms with Crippen molar-refractivity contribution in [3.8, 4) is 0 Å². The summed E-state index contributed by atoms with van der Waals surface area (Å²) in [5.41, 5.74) is 0.447. The second kappa shape index (κ2) is 9.38. The Balaban J connectivity index is 1.57. The highest BCUT2D eigenvalue weighted by molar-refractivity contribution is 7.09. The number of hydrogen-bond acceptors (Lipinski definition) is 4. The van der Waals surface area contributed by atoms with E-state index >= 15 is 0 Å². The van der Waals surface area contributed by atoms with Crippen molar-refractivity contribution in [2.75, 3.05) is 32.7 Å². The zero-order chi connectivity index (χ0) is 20.0. The molecule has 28 heavy (non-hydrogen) atoms. The second-order valence-corrected chi connectivity index (χ2v) is 7.49. The zero-order valence-electron chi connectivity index (χ0n) is 15.7. The molecule has 0 saturated carbocycles. The van der Waals surface area contributed by atoms with Crippen LogP contribution in [0.15, 0.2) is 40.7 Å². The van der Waals surface area contributed by atoms with Crippen LogP contribution in [0.2, 0.25) is 0 Å². The lowest BCUT2D eigenvalue weighted by Crippen LogP contribution is -2.52. The molecule has 0 atom stereocenters. The molecule has 0 spiro atoms. The molecule has 0 aliphatic carbocycles. The van der Waals surface area contributed by atoms with Gasteiger partial charge in [0.1, 0.15) is 5.01 Å². The van der Waals surface area contributed by atoms with Crippen LogP contribution in [0.4, 0.5) is 13.2 Å². The van der Waals surface area contributed by atoms with Gasteiger partial charge in [0.15, 0.2) is 11.7 Å². The summed E-state index contributed by atoms with van der Waals surface area (Å²) in [4.78, 5) is 12.7. The molecule has 0 unspecified atom stereocenters. The summed E-state index contributed by atoms with van der Waals surface area (Å²) in [5.74, 6) is 0.727. The first-order valence-electron chi connectivity index (χ1n) is 9.27. The fraction of sp³-hybridized carbons (Fsp3) is 0.474. The number of hydrogen-bond donors (Lipinski definition) is 1. The number of aromatic nitrogens is 1. The van der Waals surface area contributed by atoms with E-state index in [0.717, 1.165) is 55.4 Å². The highest BCUT2D eigenvalue weighted by Crippen LogP contribution is 2.30. The lowest BCUT2D eigenvalue weighted by Gasteiger charge is -2.36. The van der Waals surface area contributed by atoms with Crippen molar-refractivity contribution in [2.45, 2.75) is 26.2 Å². The van der Waals surface area contributed by atoms with Crippen LogP contribution in [0.1, 0.15) is 23.2 Å². The molecule has 152 valence electrons. The van der Waals surface area contributed by atoms with Gasteiger partial charge in [-0.25, -0.2) is 9.98 Å². The fourth-order valence-corrected chi connectivity index (χ4v) is 3.77. The fourth-order valence-electron chi connectivity index (χ4n) is 3.04. The van der Waals surface area contributed by atoms with Crippen LogP contribution in [0.5, 0.6) is 0 Å². The van der Waals surface area contributed by atoms with Gasteiger partial charge in [0.05, 0.1) is 6.54 Å². The first-order valence-corrected chi connectivity index (χ1v) is 10.1. The molecule has 0 bridgehead atoms. The topological polar surface area (TPSA) is 43.8 Å². The van der Waals surface area contributed by atoms with E-state index in [4.69, 9.17) is 0 Å². The molecular weight excluding hydrogens is 387 g/mol. The van der Waals surface area contributed by atoms with Gasteiger partial charge in [-0.3, -0.25) is 4.90 Å². The van der Waals surface area contributed by atoms with Crippen LogP contribution >= 0.6 is 11.3 Å². The number of guanidine groups is 1. The molecule has 3 rings (SSSR count). The summed E-state index contributed by atoms with van der Waals surface area (Å²) in [5, 5.41) is 4.64. The van der Waals surface area contributed by atoms with Gasteiger partial charge in [0.25, 0.3) is 0 Å². The Morgan fingerprint density at radius 1 is 1.18 bits per heavy atom. The van der Waals surface area contributed by atoms with E-state index in [1.807, 2.05) is 25.1 Å². The van der Waals surface area contributed by atoms with E-state index in [1.165, 1.54) is 5.56 Å². The largest absolute Gasteiger partial charge is 0.434 e. The second-order valence-electron chi connectivity index (χ2n) is 6.54. The van der Waals surface area contributed by atoms with Crippen LogP contribution in [-0.2, 0) is 19.3 Å². The predicted octanol–water partition coefficient (Wildman–Crippen LogP) is 3.45. The summed E-state index contributed by atoms with van der Waals surface area (Å²) in [6, 6.07) is 10.4. The monoisotopic (exact) mass is 411 g/mol. The summed E-state index contributed by atoms with van der Waals surface area (Å²) in [7, 11) is 0. The molecule has 0 radical (unpaired) electrons. The molecule has 1 N–H and O–H groups in total. The lowest BCUT2D eigenvalue weighted by atomic mass is 10.2. The molecule has 1 fully saturated rings. The third-order valence-electron chi connectivity index (χ3n) is 4.46. The summed E-state index contributed by atoms with van der Waals surface area (Å²) >= 11 is 0.992. The van der Waals surface area contributed by atoms with Crippen molar-refractivity contribution in [1.82, 2.24) is 20.1 Å². The van der Waals surface area contributed by atoms with Gasteiger partial charge in [-0.1, -0.05) is 30.3 Å². The third kappa shape index (κ3) is 5.68. The summed E-state index contributed by atoms with van der Waals surface area (Å²) in [6.45, 7) is 7.22. The van der Waals surface area contributed by atoms with Crippen LogP contribution in [0, 0.1) is 0 Å². The molecule has 1 aromatic heterocycles. The predicted molar refractivity (Wildman–Crippen MR) is 105 cm³/mol. The number of aliphatic imine (C=N–C) groups is 1. The van der Waals surface area contributed by atoms with Crippen molar-refractivity contribution < 1.29 is 13.2 Å². The Kier molecular flexibility index (Phi) is 6.90. The van der Waals surface area contributed by atoms with Crippen molar-refractivity contribution in [3.63, 3.8) is 0 Å². The minimum absolute atomic E-state index is 0.146. The van der Waals surface area contributed by atoms with Gasteiger partial charge in [-0.05, 0) is 12.5 Å². The average Bonchev–Trinajstić information content (AvgIpc) is 3.16. The lowest BCUT2D eigenvalue weighted by molar-refractivity contribution is -0.140. The molecule has 1 aliphatic heterocycles. The van der Waals surface area contributed by atoms with Gasteiger partial charge in [-0.15, -0.1) is 11.3 Å². The molecule has 2 heterocycles. The van der Waals surface area contributed by atoms with E-state index in [2.05, 4.69) is 37.2 Å². The van der Waals surface area contributed by atoms with Crippen molar-refractivity contribution in [1.29, 1.82) is 0 Å². The SMILES string of the molecule is CCNC(=NCc1nc(C(F)(F)F)cs1)N1CCN(Cc2ccccc2)CC1. The highest BCUT2D eigenvalue weighted by atomic mass is 32.1. The number of thiazole rings is 1. The Labute approximate surface area is 166 Å². The van der Waals surface area contributed by atoms with E-state index in [9.17, 15) is 13.2 Å². The minimum atomic E-state index is -4.40. The van der Waals surface area contributed by atoms with E-state index in [0.29, 0.717) is 11.6 Å². The van der Waals surface area contributed by atoms with Crippen LogP contribution < -0.4 is 5.32 Å². The maximum Gasteiger partial charge on any atom is 0.434 e. The third-order valence-corrected chi connectivity index (χ3v) is 5.30. The van der Waals surface area contributed by atoms with E-state index in [1.54, 1.807) is 0 Å². The van der Waals surface area contributed by atoms with Crippen molar-refractivity contribution >= 4 is 17.3 Å². The molecular formula is C19H24F3N5S. The number of rotatable bonds is 5. The number of halogens is 3. The Morgan fingerprint density at radius 3 is 2.50 bits per heavy atom. The van der Waals surface area contributed by atoms with Crippen LogP contribution in [-0.4, -0.2) is 53.5 Å². The number of piperazine rings is 1. The first-order chi connectivity index (χ1) is 13.5. The van der Waals surface area contributed by atoms with Gasteiger partial charge in [0, 0.05) is 44.6 Å². The van der Waals surface area contributed by atoms with E-state index < -0.39 is 11.9 Å². The molecule has 9 heteroatoms. The average molecular weight is 411 g/mol. The number of alkyl halides is 3. The van der Waals surface area contributed by atoms with Crippen molar-refractivity contribution in [2.24, 2.45) is 4.99 Å². The molecule has 1 saturated heterocycles. The standard InChI is InChI=1S/C19H24F3N5S/c1-2-23-18(24-12-17-25-16(14-28-17)19(20,21)22)27-10-8-26(9-11-27)13-15-6-4-3-5-7-15/h3-7,14H,2,8-13H2,1H3,(H,23,24). The Bertz CT molecular complexity index is 767. The van der Waals surface area contributed by atoms with Crippen LogP contribution in [0.25, 0.3) is 0 Å².